The lowest BCUT2D eigenvalue weighted by Crippen LogP contribution is -2.44. The van der Waals surface area contributed by atoms with Gasteiger partial charge in [0.05, 0.1) is 12.1 Å². The third kappa shape index (κ3) is 5.28. The molecule has 3 aromatic rings. The monoisotopic (exact) mass is 442 g/mol. The van der Waals surface area contributed by atoms with Crippen LogP contribution in [0.2, 0.25) is 0 Å². The molecular formula is C29H34N2O2. The van der Waals surface area contributed by atoms with Gasteiger partial charge >= 0.3 is 0 Å². The Morgan fingerprint density at radius 2 is 1.67 bits per heavy atom. The van der Waals surface area contributed by atoms with E-state index in [1.165, 1.54) is 27.8 Å². The van der Waals surface area contributed by atoms with Crippen LogP contribution >= 0.6 is 0 Å². The average molecular weight is 443 g/mol. The summed E-state index contributed by atoms with van der Waals surface area (Å²) in [7, 11) is 0. The van der Waals surface area contributed by atoms with Crippen molar-refractivity contribution in [2.45, 2.75) is 65.0 Å². The molecule has 0 bridgehead atoms. The maximum Gasteiger partial charge on any atom is 0.237 e. The maximum atomic E-state index is 13.1. The zero-order valence-corrected chi connectivity index (χ0v) is 20.0. The molecule has 1 amide bonds. The van der Waals surface area contributed by atoms with Crippen molar-refractivity contribution in [3.05, 3.63) is 94.0 Å². The van der Waals surface area contributed by atoms with Gasteiger partial charge in [-0.3, -0.25) is 4.79 Å². The van der Waals surface area contributed by atoms with E-state index in [1.54, 1.807) is 0 Å². The molecule has 33 heavy (non-hydrogen) atoms. The van der Waals surface area contributed by atoms with E-state index >= 15 is 0 Å². The number of hydrogen-bond donors (Lipinski definition) is 2. The molecule has 0 saturated carbocycles. The third-order valence-electron chi connectivity index (χ3n) is 6.75. The molecule has 4 nitrogen and oxygen atoms in total. The largest absolute Gasteiger partial charge is 0.457 e. The smallest absolute Gasteiger partial charge is 0.237 e. The Morgan fingerprint density at radius 1 is 0.970 bits per heavy atom. The molecule has 0 heterocycles. The molecule has 4 heteroatoms. The first kappa shape index (κ1) is 23.1. The summed E-state index contributed by atoms with van der Waals surface area (Å²) >= 11 is 0. The zero-order valence-electron chi connectivity index (χ0n) is 20.0. The van der Waals surface area contributed by atoms with Crippen molar-refractivity contribution in [3.8, 4) is 11.5 Å². The molecule has 4 rings (SSSR count). The summed E-state index contributed by atoms with van der Waals surface area (Å²) in [6, 6.07) is 19.6. The molecule has 0 aromatic heterocycles. The number of fused-ring (bicyclic) bond motifs is 1. The van der Waals surface area contributed by atoms with Crippen molar-refractivity contribution in [1.82, 2.24) is 5.32 Å². The molecule has 3 N–H and O–H groups in total. The topological polar surface area (TPSA) is 64.4 Å². The van der Waals surface area contributed by atoms with Gasteiger partial charge in [0.2, 0.25) is 5.91 Å². The number of para-hydroxylation sites is 1. The highest BCUT2D eigenvalue weighted by atomic mass is 16.5. The number of carbonyl (C=O) groups excluding carboxylic acids is 1. The van der Waals surface area contributed by atoms with Gasteiger partial charge in [0.15, 0.2) is 0 Å². The minimum absolute atomic E-state index is 0.0608. The number of nitrogens with two attached hydrogens (primary N) is 1. The predicted octanol–water partition coefficient (Wildman–Crippen LogP) is 6.03. The molecule has 1 aliphatic rings. The number of aryl methyl sites for hydroxylation is 3. The van der Waals surface area contributed by atoms with Crippen LogP contribution in [0.4, 0.5) is 0 Å². The maximum absolute atomic E-state index is 13.1. The van der Waals surface area contributed by atoms with E-state index in [0.717, 1.165) is 29.9 Å². The molecule has 0 fully saturated rings. The summed E-state index contributed by atoms with van der Waals surface area (Å²) in [5.74, 6) is 1.93. The Kier molecular flexibility index (Phi) is 6.85. The molecule has 0 saturated heterocycles. The van der Waals surface area contributed by atoms with Crippen molar-refractivity contribution >= 4 is 5.91 Å². The van der Waals surface area contributed by atoms with Gasteiger partial charge in [-0.25, -0.2) is 0 Å². The third-order valence-corrected chi connectivity index (χ3v) is 6.75. The number of rotatable bonds is 6. The highest BCUT2D eigenvalue weighted by molar-refractivity contribution is 5.82. The van der Waals surface area contributed by atoms with E-state index < -0.39 is 6.04 Å². The van der Waals surface area contributed by atoms with Gasteiger partial charge in [0.1, 0.15) is 11.5 Å². The lowest BCUT2D eigenvalue weighted by Gasteiger charge is -2.31. The van der Waals surface area contributed by atoms with E-state index in [4.69, 9.17) is 10.5 Å². The van der Waals surface area contributed by atoms with Crippen LogP contribution in [0.1, 0.15) is 65.1 Å². The summed E-state index contributed by atoms with van der Waals surface area (Å²) in [5, 5.41) is 3.24. The fourth-order valence-electron chi connectivity index (χ4n) is 4.99. The van der Waals surface area contributed by atoms with E-state index in [2.05, 4.69) is 57.3 Å². The van der Waals surface area contributed by atoms with Gasteiger partial charge in [0, 0.05) is 0 Å². The number of hydrogen-bond acceptors (Lipinski definition) is 3. The highest BCUT2D eigenvalue weighted by Crippen LogP contribution is 2.39. The minimum Gasteiger partial charge on any atom is -0.457 e. The normalized spacial score (nSPS) is 18.3. The van der Waals surface area contributed by atoms with Crippen molar-refractivity contribution in [3.63, 3.8) is 0 Å². The fraction of sp³-hybridized carbons (Fsp3) is 0.345. The van der Waals surface area contributed by atoms with Gasteiger partial charge in [0.25, 0.3) is 0 Å². The van der Waals surface area contributed by atoms with Crippen molar-refractivity contribution in [2.75, 3.05) is 0 Å². The van der Waals surface area contributed by atoms with Gasteiger partial charge < -0.3 is 15.8 Å². The van der Waals surface area contributed by atoms with Crippen LogP contribution < -0.4 is 15.8 Å². The van der Waals surface area contributed by atoms with Crippen molar-refractivity contribution in [2.24, 2.45) is 5.73 Å². The molecule has 3 atom stereocenters. The van der Waals surface area contributed by atoms with Crippen molar-refractivity contribution in [1.29, 1.82) is 0 Å². The Balaban J connectivity index is 1.51. The first-order chi connectivity index (χ1) is 15.8. The Bertz CT molecular complexity index is 1120. The zero-order chi connectivity index (χ0) is 23.5. The van der Waals surface area contributed by atoms with E-state index in [-0.39, 0.29) is 11.9 Å². The molecular weight excluding hydrogens is 408 g/mol. The van der Waals surface area contributed by atoms with Crippen LogP contribution in [0.5, 0.6) is 11.5 Å². The standard InChI is InChI=1S/C29H34N2O2/c1-18-14-20(3)25(21(4)15-18)17-27(30)29(32)31-28-13-10-19(2)24-12-11-23(16-26(24)28)33-22-8-6-5-7-9-22/h5-9,11-12,14-16,19,27-28H,10,13,17,30H2,1-4H3,(H,31,32). The second kappa shape index (κ2) is 9.80. The van der Waals surface area contributed by atoms with Crippen LogP contribution in [-0.4, -0.2) is 11.9 Å². The van der Waals surface area contributed by atoms with Crippen LogP contribution in [-0.2, 0) is 11.2 Å². The Hall–Kier alpha value is -3.11. The first-order valence-electron chi connectivity index (χ1n) is 11.8. The number of carbonyl (C=O) groups is 1. The fourth-order valence-corrected chi connectivity index (χ4v) is 4.99. The van der Waals surface area contributed by atoms with E-state index in [9.17, 15) is 4.79 Å². The number of benzene rings is 3. The van der Waals surface area contributed by atoms with Crippen LogP contribution in [0.15, 0.2) is 60.7 Å². The lowest BCUT2D eigenvalue weighted by molar-refractivity contribution is -0.123. The SMILES string of the molecule is Cc1cc(C)c(CC(N)C(=O)NC2CCC(C)c3ccc(Oc4ccccc4)cc32)c(C)c1. The van der Waals surface area contributed by atoms with Crippen LogP contribution in [0, 0.1) is 20.8 Å². The summed E-state index contributed by atoms with van der Waals surface area (Å²) in [4.78, 5) is 13.1. The van der Waals surface area contributed by atoms with Gasteiger partial charge in [-0.2, -0.15) is 0 Å². The van der Waals surface area contributed by atoms with E-state index in [0.29, 0.717) is 12.3 Å². The summed E-state index contributed by atoms with van der Waals surface area (Å²) in [6.07, 6.45) is 2.46. The molecule has 0 aliphatic heterocycles. The van der Waals surface area contributed by atoms with Gasteiger partial charge in [-0.15, -0.1) is 0 Å². The molecule has 172 valence electrons. The number of amides is 1. The average Bonchev–Trinajstić information content (AvgIpc) is 2.78. The lowest BCUT2D eigenvalue weighted by atomic mass is 9.80. The second-order valence-electron chi connectivity index (χ2n) is 9.43. The summed E-state index contributed by atoms with van der Waals surface area (Å²) in [5.41, 5.74) is 13.6. The minimum atomic E-state index is -0.586. The van der Waals surface area contributed by atoms with Gasteiger partial charge in [-0.05, 0) is 98.0 Å². The number of ether oxygens (including phenoxy) is 1. The highest BCUT2D eigenvalue weighted by Gasteiger charge is 2.28. The molecule has 0 radical (unpaired) electrons. The van der Waals surface area contributed by atoms with Crippen LogP contribution in [0.25, 0.3) is 0 Å². The number of nitrogens with one attached hydrogen (secondary N) is 1. The first-order valence-corrected chi connectivity index (χ1v) is 11.8. The molecule has 1 aliphatic carbocycles. The van der Waals surface area contributed by atoms with E-state index in [1.807, 2.05) is 36.4 Å². The second-order valence-corrected chi connectivity index (χ2v) is 9.43. The van der Waals surface area contributed by atoms with Gasteiger partial charge in [-0.1, -0.05) is 48.9 Å². The summed E-state index contributed by atoms with van der Waals surface area (Å²) < 4.78 is 6.06. The van der Waals surface area contributed by atoms with Crippen LogP contribution in [0.3, 0.4) is 0 Å². The quantitative estimate of drug-likeness (QED) is 0.490. The molecule has 3 aromatic carbocycles. The summed E-state index contributed by atoms with van der Waals surface area (Å²) in [6.45, 7) is 8.51. The molecule has 3 unspecified atom stereocenters. The molecule has 0 spiro atoms. The van der Waals surface area contributed by atoms with Crippen molar-refractivity contribution < 1.29 is 9.53 Å². The Labute approximate surface area is 197 Å². The Morgan fingerprint density at radius 3 is 2.36 bits per heavy atom. The predicted molar refractivity (Wildman–Crippen MR) is 134 cm³/mol.